The van der Waals surface area contributed by atoms with Crippen molar-refractivity contribution in [1.82, 2.24) is 14.1 Å². The van der Waals surface area contributed by atoms with Crippen molar-refractivity contribution in [3.8, 4) is 5.75 Å². The number of carboxylic acids is 1. The van der Waals surface area contributed by atoms with Crippen LogP contribution in [0.2, 0.25) is 0 Å². The standard InChI is InChI=1S/C23H24FN3O5S/c1-2-32-15-4-6-16(7-5-15)33(30,31)26-10-9-20(18-12-21(18)26)27-22-11-14(24)3-8-17(22)19(25-27)13-23(28)29/h3-8,11,18,20-21H,2,9-10,12-13H2,1H3,(H,28,29)/t18-,20?,21-/m0/s1. The SMILES string of the molecule is CCOc1ccc(S(=O)(=O)N2CCC(n3nc(CC(=O)O)c4ccc(F)cc43)[C@@H]3C[C@@H]32)cc1. The summed E-state index contributed by atoms with van der Waals surface area (Å²) in [6.45, 7) is 2.68. The molecule has 2 fully saturated rings. The van der Waals surface area contributed by atoms with Gasteiger partial charge >= 0.3 is 5.97 Å². The van der Waals surface area contributed by atoms with E-state index in [4.69, 9.17) is 4.74 Å². The quantitative estimate of drug-likeness (QED) is 0.565. The van der Waals surface area contributed by atoms with Gasteiger partial charge in [0.1, 0.15) is 11.6 Å². The number of aliphatic carboxylic acids is 1. The number of hydrogen-bond donors (Lipinski definition) is 1. The molecule has 1 N–H and O–H groups in total. The molecule has 33 heavy (non-hydrogen) atoms. The molecule has 5 rings (SSSR count). The smallest absolute Gasteiger partial charge is 0.309 e. The van der Waals surface area contributed by atoms with E-state index in [0.717, 1.165) is 0 Å². The van der Waals surface area contributed by atoms with Crippen LogP contribution in [0.25, 0.3) is 10.9 Å². The Labute approximate surface area is 190 Å². The molecule has 2 aromatic carbocycles. The lowest BCUT2D eigenvalue weighted by Crippen LogP contribution is -2.40. The molecular formula is C23H24FN3O5S. The van der Waals surface area contributed by atoms with Gasteiger partial charge in [-0.05, 0) is 68.1 Å². The molecule has 1 aliphatic heterocycles. The maximum absolute atomic E-state index is 14.0. The van der Waals surface area contributed by atoms with Gasteiger partial charge in [-0.2, -0.15) is 9.40 Å². The van der Waals surface area contributed by atoms with Gasteiger partial charge < -0.3 is 9.84 Å². The van der Waals surface area contributed by atoms with Crippen LogP contribution in [0.5, 0.6) is 5.75 Å². The topological polar surface area (TPSA) is 102 Å². The summed E-state index contributed by atoms with van der Waals surface area (Å²) in [5.41, 5.74) is 0.934. The van der Waals surface area contributed by atoms with E-state index in [1.807, 2.05) is 6.92 Å². The first-order chi connectivity index (χ1) is 15.8. The zero-order chi connectivity index (χ0) is 23.3. The highest BCUT2D eigenvalue weighted by atomic mass is 32.2. The van der Waals surface area contributed by atoms with Crippen LogP contribution in [0.4, 0.5) is 4.39 Å². The monoisotopic (exact) mass is 473 g/mol. The fourth-order valence-corrected chi connectivity index (χ4v) is 6.59. The molecule has 0 radical (unpaired) electrons. The average molecular weight is 474 g/mol. The van der Waals surface area contributed by atoms with E-state index < -0.39 is 21.8 Å². The molecule has 2 heterocycles. The number of carbonyl (C=O) groups is 1. The predicted molar refractivity (Wildman–Crippen MR) is 118 cm³/mol. The van der Waals surface area contributed by atoms with Crippen LogP contribution in [0, 0.1) is 11.7 Å². The second-order valence-electron chi connectivity index (χ2n) is 8.47. The summed E-state index contributed by atoms with van der Waals surface area (Å²) in [5.74, 6) is -0.769. The molecule has 8 nitrogen and oxygen atoms in total. The van der Waals surface area contributed by atoms with Gasteiger partial charge in [0, 0.05) is 18.0 Å². The predicted octanol–water partition coefficient (Wildman–Crippen LogP) is 3.23. The number of carboxylic acid groups (broad SMARTS) is 1. The zero-order valence-electron chi connectivity index (χ0n) is 18.0. The van der Waals surface area contributed by atoms with E-state index in [-0.39, 0.29) is 29.3 Å². The molecule has 1 saturated heterocycles. The summed E-state index contributed by atoms with van der Waals surface area (Å²) in [6.07, 6.45) is 0.942. The molecule has 3 aromatic rings. The Balaban J connectivity index is 1.41. The van der Waals surface area contributed by atoms with E-state index in [0.29, 0.717) is 48.3 Å². The lowest BCUT2D eigenvalue weighted by atomic mass is 10.1. The Morgan fingerprint density at radius 2 is 1.97 bits per heavy atom. The average Bonchev–Trinajstić information content (AvgIpc) is 3.50. The number of piperidine rings is 1. The molecule has 174 valence electrons. The van der Waals surface area contributed by atoms with Crippen LogP contribution in [-0.2, 0) is 21.2 Å². The molecule has 1 unspecified atom stereocenters. The van der Waals surface area contributed by atoms with Gasteiger partial charge in [-0.1, -0.05) is 0 Å². The van der Waals surface area contributed by atoms with Crippen molar-refractivity contribution in [2.24, 2.45) is 5.92 Å². The van der Waals surface area contributed by atoms with Crippen molar-refractivity contribution in [2.75, 3.05) is 13.2 Å². The van der Waals surface area contributed by atoms with Crippen molar-refractivity contribution in [2.45, 2.75) is 43.2 Å². The number of rotatable bonds is 7. The number of fused-ring (bicyclic) bond motifs is 2. The third-order valence-corrected chi connectivity index (χ3v) is 8.37. The Morgan fingerprint density at radius 1 is 1.21 bits per heavy atom. The number of hydrogen-bond acceptors (Lipinski definition) is 5. The molecule has 10 heteroatoms. The largest absolute Gasteiger partial charge is 0.494 e. The van der Waals surface area contributed by atoms with Crippen molar-refractivity contribution in [3.63, 3.8) is 0 Å². The lowest BCUT2D eigenvalue weighted by Gasteiger charge is -2.31. The van der Waals surface area contributed by atoms with Gasteiger partial charge in [-0.25, -0.2) is 12.8 Å². The zero-order valence-corrected chi connectivity index (χ0v) is 18.8. The minimum atomic E-state index is -3.66. The normalized spacial score (nSPS) is 22.8. The summed E-state index contributed by atoms with van der Waals surface area (Å²) in [4.78, 5) is 11.5. The van der Waals surface area contributed by atoms with Crippen LogP contribution in [0.15, 0.2) is 47.4 Å². The van der Waals surface area contributed by atoms with Crippen molar-refractivity contribution in [3.05, 3.63) is 54.0 Å². The molecule has 3 atom stereocenters. The van der Waals surface area contributed by atoms with Gasteiger partial charge in [0.2, 0.25) is 10.0 Å². The summed E-state index contributed by atoms with van der Waals surface area (Å²) in [7, 11) is -3.66. The number of nitrogens with zero attached hydrogens (tertiary/aromatic N) is 3. The first-order valence-electron chi connectivity index (χ1n) is 10.9. The summed E-state index contributed by atoms with van der Waals surface area (Å²) >= 11 is 0. The third kappa shape index (κ3) is 3.87. The van der Waals surface area contributed by atoms with E-state index in [1.165, 1.54) is 12.1 Å². The molecule has 1 saturated carbocycles. The first kappa shape index (κ1) is 21.8. The molecular weight excluding hydrogens is 449 g/mol. The number of aromatic nitrogens is 2. The Hall–Kier alpha value is -2.98. The molecule has 0 spiro atoms. The van der Waals surface area contributed by atoms with Gasteiger partial charge in [0.15, 0.2) is 0 Å². The van der Waals surface area contributed by atoms with Crippen LogP contribution >= 0.6 is 0 Å². The number of sulfonamides is 1. The molecule has 1 aromatic heterocycles. The first-order valence-corrected chi connectivity index (χ1v) is 12.4. The minimum absolute atomic E-state index is 0.0419. The van der Waals surface area contributed by atoms with Gasteiger partial charge in [-0.15, -0.1) is 0 Å². The maximum atomic E-state index is 14.0. The van der Waals surface area contributed by atoms with Crippen LogP contribution < -0.4 is 4.74 Å². The Bertz CT molecular complexity index is 1320. The Kier molecular flexibility index (Phi) is 5.37. The van der Waals surface area contributed by atoms with Gasteiger partial charge in [-0.3, -0.25) is 9.48 Å². The van der Waals surface area contributed by atoms with Crippen molar-refractivity contribution >= 4 is 26.9 Å². The van der Waals surface area contributed by atoms with Gasteiger partial charge in [0.25, 0.3) is 0 Å². The number of halogens is 1. The summed E-state index contributed by atoms with van der Waals surface area (Å²) < 4.78 is 49.2. The maximum Gasteiger partial charge on any atom is 0.309 e. The summed E-state index contributed by atoms with van der Waals surface area (Å²) in [6, 6.07) is 10.4. The highest BCUT2D eigenvalue weighted by molar-refractivity contribution is 7.89. The molecule has 1 aliphatic carbocycles. The second kappa shape index (κ2) is 8.11. The van der Waals surface area contributed by atoms with E-state index in [2.05, 4.69) is 5.10 Å². The fourth-order valence-electron chi connectivity index (χ4n) is 4.90. The highest BCUT2D eigenvalue weighted by Crippen LogP contribution is 2.51. The number of benzene rings is 2. The summed E-state index contributed by atoms with van der Waals surface area (Å²) in [5, 5.41) is 14.4. The van der Waals surface area contributed by atoms with Crippen LogP contribution in [0.1, 0.15) is 31.5 Å². The molecule has 0 amide bonds. The van der Waals surface area contributed by atoms with Crippen LogP contribution in [-0.4, -0.2) is 52.8 Å². The van der Waals surface area contributed by atoms with Gasteiger partial charge in [0.05, 0.1) is 35.2 Å². The van der Waals surface area contributed by atoms with E-state index >= 15 is 0 Å². The third-order valence-electron chi connectivity index (χ3n) is 6.43. The van der Waals surface area contributed by atoms with Crippen molar-refractivity contribution in [1.29, 1.82) is 0 Å². The number of ether oxygens (including phenoxy) is 1. The highest BCUT2D eigenvalue weighted by Gasteiger charge is 2.54. The minimum Gasteiger partial charge on any atom is -0.494 e. The Morgan fingerprint density at radius 3 is 2.67 bits per heavy atom. The van der Waals surface area contributed by atoms with E-state index in [9.17, 15) is 22.7 Å². The fraction of sp³-hybridized carbons (Fsp3) is 0.391. The lowest BCUT2D eigenvalue weighted by molar-refractivity contribution is -0.136. The van der Waals surface area contributed by atoms with Crippen LogP contribution in [0.3, 0.4) is 0 Å². The van der Waals surface area contributed by atoms with Crippen molar-refractivity contribution < 1.29 is 27.4 Å². The van der Waals surface area contributed by atoms with E-state index in [1.54, 1.807) is 39.3 Å². The molecule has 0 bridgehead atoms. The second-order valence-corrected chi connectivity index (χ2v) is 10.4. The molecule has 2 aliphatic rings.